The first kappa shape index (κ1) is 13.0. The third-order valence-electron chi connectivity index (χ3n) is 2.92. The molecule has 0 aliphatic carbocycles. The van der Waals surface area contributed by atoms with Crippen LogP contribution < -0.4 is 0 Å². The van der Waals surface area contributed by atoms with E-state index >= 15 is 0 Å². The van der Waals surface area contributed by atoms with Gasteiger partial charge in [-0.2, -0.15) is 0 Å². The number of carboxylic acid groups (broad SMARTS) is 1. The molecule has 0 saturated carbocycles. The Kier molecular flexibility index (Phi) is 4.73. The third kappa shape index (κ3) is 2.72. The molecule has 0 radical (unpaired) electrons. The van der Waals surface area contributed by atoms with Crippen LogP contribution in [0.2, 0.25) is 0 Å². The van der Waals surface area contributed by atoms with Gasteiger partial charge in [0.15, 0.2) is 0 Å². The van der Waals surface area contributed by atoms with Gasteiger partial charge in [-0.1, -0.05) is 6.92 Å². The maximum absolute atomic E-state index is 11.6. The SMILES string of the molecule is CCOC(=O)C1CCCN1C(CC)C(=O)O. The molecule has 16 heavy (non-hydrogen) atoms. The van der Waals surface area contributed by atoms with Crippen molar-refractivity contribution >= 4 is 11.9 Å². The second-order valence-corrected chi connectivity index (χ2v) is 3.91. The van der Waals surface area contributed by atoms with Crippen molar-refractivity contribution in [3.63, 3.8) is 0 Å². The number of carboxylic acids is 1. The lowest BCUT2D eigenvalue weighted by atomic mass is 10.1. The quantitative estimate of drug-likeness (QED) is 0.709. The van der Waals surface area contributed by atoms with E-state index in [1.54, 1.807) is 11.8 Å². The zero-order valence-corrected chi connectivity index (χ0v) is 9.81. The molecule has 1 aliphatic rings. The number of hydrogen-bond donors (Lipinski definition) is 1. The van der Waals surface area contributed by atoms with E-state index in [1.807, 2.05) is 6.92 Å². The highest BCUT2D eigenvalue weighted by atomic mass is 16.5. The van der Waals surface area contributed by atoms with Gasteiger partial charge in [0.25, 0.3) is 0 Å². The van der Waals surface area contributed by atoms with E-state index < -0.39 is 12.0 Å². The Morgan fingerprint density at radius 1 is 1.50 bits per heavy atom. The Labute approximate surface area is 95.4 Å². The molecular formula is C11H19NO4. The van der Waals surface area contributed by atoms with Gasteiger partial charge < -0.3 is 9.84 Å². The molecule has 1 N–H and O–H groups in total. The van der Waals surface area contributed by atoms with Crippen LogP contribution in [-0.2, 0) is 14.3 Å². The minimum Gasteiger partial charge on any atom is -0.480 e. The number of ether oxygens (including phenoxy) is 1. The summed E-state index contributed by atoms with van der Waals surface area (Å²) in [6.07, 6.45) is 2.06. The van der Waals surface area contributed by atoms with Gasteiger partial charge in [-0.3, -0.25) is 14.5 Å². The molecular weight excluding hydrogens is 210 g/mol. The first-order valence-corrected chi connectivity index (χ1v) is 5.77. The van der Waals surface area contributed by atoms with E-state index in [0.29, 0.717) is 26.0 Å². The monoisotopic (exact) mass is 229 g/mol. The van der Waals surface area contributed by atoms with Gasteiger partial charge in [0.1, 0.15) is 12.1 Å². The van der Waals surface area contributed by atoms with E-state index in [4.69, 9.17) is 9.84 Å². The maximum Gasteiger partial charge on any atom is 0.323 e. The molecule has 92 valence electrons. The third-order valence-corrected chi connectivity index (χ3v) is 2.92. The van der Waals surface area contributed by atoms with Gasteiger partial charge >= 0.3 is 11.9 Å². The summed E-state index contributed by atoms with van der Waals surface area (Å²) in [5, 5.41) is 9.07. The van der Waals surface area contributed by atoms with Gasteiger partial charge in [-0.05, 0) is 32.7 Å². The maximum atomic E-state index is 11.6. The van der Waals surface area contributed by atoms with Crippen molar-refractivity contribution in [2.45, 2.75) is 45.2 Å². The molecule has 5 heteroatoms. The van der Waals surface area contributed by atoms with E-state index in [1.165, 1.54) is 0 Å². The van der Waals surface area contributed by atoms with Crippen molar-refractivity contribution in [2.75, 3.05) is 13.2 Å². The number of carbonyl (C=O) groups is 2. The lowest BCUT2D eigenvalue weighted by molar-refractivity contribution is -0.152. The molecule has 2 atom stereocenters. The molecule has 1 aliphatic heterocycles. The standard InChI is InChI=1S/C11H19NO4/c1-3-8(10(13)14)12-7-5-6-9(12)11(15)16-4-2/h8-9H,3-7H2,1-2H3,(H,13,14). The van der Waals surface area contributed by atoms with E-state index in [9.17, 15) is 9.59 Å². The highest BCUT2D eigenvalue weighted by molar-refractivity contribution is 5.79. The molecule has 0 bridgehead atoms. The summed E-state index contributed by atoms with van der Waals surface area (Å²) in [6.45, 7) is 4.58. The Balaban J connectivity index is 2.70. The summed E-state index contributed by atoms with van der Waals surface area (Å²) in [4.78, 5) is 24.4. The number of aliphatic carboxylic acids is 1. The average Bonchev–Trinajstić information content (AvgIpc) is 2.67. The van der Waals surface area contributed by atoms with Crippen LogP contribution in [-0.4, -0.2) is 47.2 Å². The second-order valence-electron chi connectivity index (χ2n) is 3.91. The smallest absolute Gasteiger partial charge is 0.323 e. The number of esters is 1. The molecule has 1 saturated heterocycles. The molecule has 0 amide bonds. The van der Waals surface area contributed by atoms with Crippen LogP contribution in [0.5, 0.6) is 0 Å². The van der Waals surface area contributed by atoms with Crippen molar-refractivity contribution in [1.29, 1.82) is 0 Å². The zero-order chi connectivity index (χ0) is 12.1. The van der Waals surface area contributed by atoms with Crippen LogP contribution in [0.1, 0.15) is 33.1 Å². The van der Waals surface area contributed by atoms with Crippen molar-refractivity contribution < 1.29 is 19.4 Å². The average molecular weight is 229 g/mol. The van der Waals surface area contributed by atoms with Crippen LogP contribution >= 0.6 is 0 Å². The summed E-state index contributed by atoms with van der Waals surface area (Å²) in [6, 6.07) is -0.946. The van der Waals surface area contributed by atoms with Crippen LogP contribution in [0, 0.1) is 0 Å². The lowest BCUT2D eigenvalue weighted by Gasteiger charge is -2.28. The summed E-state index contributed by atoms with van der Waals surface area (Å²) in [5.74, 6) is -1.15. The first-order chi connectivity index (χ1) is 7.61. The predicted molar refractivity (Wildman–Crippen MR) is 58.1 cm³/mol. The molecule has 0 aromatic heterocycles. The van der Waals surface area contributed by atoms with Crippen molar-refractivity contribution in [3.8, 4) is 0 Å². The number of likely N-dealkylation sites (tertiary alicyclic amines) is 1. The normalized spacial score (nSPS) is 23.0. The molecule has 5 nitrogen and oxygen atoms in total. The van der Waals surface area contributed by atoms with Crippen LogP contribution in [0.15, 0.2) is 0 Å². The van der Waals surface area contributed by atoms with Crippen molar-refractivity contribution in [3.05, 3.63) is 0 Å². The number of carbonyl (C=O) groups excluding carboxylic acids is 1. The zero-order valence-electron chi connectivity index (χ0n) is 9.81. The van der Waals surface area contributed by atoms with E-state index in [2.05, 4.69) is 0 Å². The Morgan fingerprint density at radius 3 is 2.69 bits per heavy atom. The van der Waals surface area contributed by atoms with Gasteiger partial charge in [0.2, 0.25) is 0 Å². The fourth-order valence-electron chi connectivity index (χ4n) is 2.20. The van der Waals surface area contributed by atoms with Gasteiger partial charge in [-0.25, -0.2) is 0 Å². The molecule has 0 aromatic carbocycles. The molecule has 0 aromatic rings. The minimum absolute atomic E-state index is 0.292. The number of hydrogen-bond acceptors (Lipinski definition) is 4. The van der Waals surface area contributed by atoms with E-state index in [-0.39, 0.29) is 12.0 Å². The summed E-state index contributed by atoms with van der Waals surface area (Å²) in [5.41, 5.74) is 0. The topological polar surface area (TPSA) is 66.8 Å². The summed E-state index contributed by atoms with van der Waals surface area (Å²) >= 11 is 0. The Morgan fingerprint density at radius 2 is 2.19 bits per heavy atom. The minimum atomic E-state index is -0.862. The van der Waals surface area contributed by atoms with Crippen molar-refractivity contribution in [1.82, 2.24) is 4.90 Å². The van der Waals surface area contributed by atoms with E-state index in [0.717, 1.165) is 6.42 Å². The highest BCUT2D eigenvalue weighted by Gasteiger charge is 2.38. The molecule has 2 unspecified atom stereocenters. The van der Waals surface area contributed by atoms with Crippen molar-refractivity contribution in [2.24, 2.45) is 0 Å². The summed E-state index contributed by atoms with van der Waals surface area (Å²) < 4.78 is 4.96. The predicted octanol–water partition coefficient (Wildman–Crippen LogP) is 0.877. The molecule has 1 rings (SSSR count). The summed E-state index contributed by atoms with van der Waals surface area (Å²) in [7, 11) is 0. The fourth-order valence-corrected chi connectivity index (χ4v) is 2.20. The van der Waals surface area contributed by atoms with Gasteiger partial charge in [-0.15, -0.1) is 0 Å². The van der Waals surface area contributed by atoms with Crippen LogP contribution in [0.4, 0.5) is 0 Å². The Hall–Kier alpha value is -1.10. The number of nitrogens with zero attached hydrogens (tertiary/aromatic N) is 1. The second kappa shape index (κ2) is 5.84. The van der Waals surface area contributed by atoms with Gasteiger partial charge in [0.05, 0.1) is 6.61 Å². The Bertz CT molecular complexity index is 267. The van der Waals surface area contributed by atoms with Gasteiger partial charge in [0, 0.05) is 0 Å². The molecule has 1 fully saturated rings. The largest absolute Gasteiger partial charge is 0.480 e. The molecule has 1 heterocycles. The van der Waals surface area contributed by atoms with Crippen LogP contribution in [0.3, 0.4) is 0 Å². The molecule has 0 spiro atoms. The number of rotatable bonds is 5. The lowest BCUT2D eigenvalue weighted by Crippen LogP contribution is -2.47. The fraction of sp³-hybridized carbons (Fsp3) is 0.818. The first-order valence-electron chi connectivity index (χ1n) is 5.77. The van der Waals surface area contributed by atoms with Crippen LogP contribution in [0.25, 0.3) is 0 Å². The highest BCUT2D eigenvalue weighted by Crippen LogP contribution is 2.22.